The fourth-order valence-electron chi connectivity index (χ4n) is 4.06. The van der Waals surface area contributed by atoms with E-state index in [1.54, 1.807) is 11.3 Å². The lowest BCUT2D eigenvalue weighted by Gasteiger charge is -2.28. The zero-order chi connectivity index (χ0) is 21.8. The Morgan fingerprint density at radius 2 is 2.10 bits per heavy atom. The quantitative estimate of drug-likeness (QED) is 0.665. The molecule has 1 aliphatic heterocycles. The Morgan fingerprint density at radius 1 is 1.33 bits per heavy atom. The minimum atomic E-state index is -0.618. The molecule has 1 fully saturated rings. The van der Waals surface area contributed by atoms with E-state index in [1.807, 2.05) is 13.8 Å². The van der Waals surface area contributed by atoms with Crippen LogP contribution in [0.4, 0.5) is 11.5 Å². The van der Waals surface area contributed by atoms with Gasteiger partial charge in [-0.3, -0.25) is 24.0 Å². The maximum Gasteiger partial charge on any atom is 0.330 e. The van der Waals surface area contributed by atoms with Crippen LogP contribution in [-0.4, -0.2) is 40.0 Å². The summed E-state index contributed by atoms with van der Waals surface area (Å²) in [6, 6.07) is 4.47. The highest BCUT2D eigenvalue weighted by Crippen LogP contribution is 2.35. The number of nitrogens with two attached hydrogens (primary N) is 1. The van der Waals surface area contributed by atoms with Gasteiger partial charge in [0.25, 0.3) is 5.56 Å². The Bertz CT molecular complexity index is 1010. The molecule has 1 aliphatic rings. The maximum absolute atomic E-state index is 13.2. The molecule has 2 aromatic heterocycles. The number of likely N-dealkylation sites (tertiary alicyclic amines) is 1. The molecule has 8 nitrogen and oxygen atoms in total. The molecule has 3 N–H and O–H groups in total. The van der Waals surface area contributed by atoms with E-state index in [2.05, 4.69) is 28.9 Å². The Balaban J connectivity index is 1.86. The van der Waals surface area contributed by atoms with Crippen molar-refractivity contribution in [2.45, 2.75) is 59.0 Å². The molecule has 1 saturated heterocycles. The summed E-state index contributed by atoms with van der Waals surface area (Å²) >= 11 is 1.76. The van der Waals surface area contributed by atoms with Crippen LogP contribution in [-0.2, 0) is 11.3 Å². The highest BCUT2D eigenvalue weighted by molar-refractivity contribution is 7.12. The number of nitrogens with one attached hydrogen (secondary N) is 1. The van der Waals surface area contributed by atoms with Crippen molar-refractivity contribution in [3.05, 3.63) is 42.7 Å². The number of H-pyrrole nitrogens is 1. The van der Waals surface area contributed by atoms with Gasteiger partial charge in [-0.05, 0) is 51.8 Å². The first kappa shape index (κ1) is 22.3. The second kappa shape index (κ2) is 9.61. The van der Waals surface area contributed by atoms with Gasteiger partial charge in [-0.25, -0.2) is 4.79 Å². The fraction of sp³-hybridized carbons (Fsp3) is 0.571. The third kappa shape index (κ3) is 4.52. The topological polar surface area (TPSA) is 104 Å². The molecule has 0 aromatic carbocycles. The van der Waals surface area contributed by atoms with Gasteiger partial charge in [0.1, 0.15) is 5.82 Å². The molecule has 30 heavy (non-hydrogen) atoms. The lowest BCUT2D eigenvalue weighted by Crippen LogP contribution is -2.45. The Hall–Kier alpha value is -2.39. The number of amides is 1. The van der Waals surface area contributed by atoms with E-state index in [0.717, 1.165) is 32.2 Å². The molecule has 164 valence electrons. The van der Waals surface area contributed by atoms with Crippen molar-refractivity contribution in [3.8, 4) is 0 Å². The van der Waals surface area contributed by atoms with E-state index in [9.17, 15) is 14.4 Å². The van der Waals surface area contributed by atoms with Gasteiger partial charge in [0.05, 0.1) is 6.54 Å². The van der Waals surface area contributed by atoms with Crippen molar-refractivity contribution < 1.29 is 4.79 Å². The fourth-order valence-corrected chi connectivity index (χ4v) is 5.11. The molecule has 9 heteroatoms. The molecule has 0 spiro atoms. The summed E-state index contributed by atoms with van der Waals surface area (Å²) in [6.07, 6.45) is 3.69. The summed E-state index contributed by atoms with van der Waals surface area (Å²) in [5, 5.41) is 0. The Morgan fingerprint density at radius 3 is 2.73 bits per heavy atom. The molecule has 0 radical (unpaired) electrons. The number of carbonyl (C=O) groups is 1. The Labute approximate surface area is 180 Å². The van der Waals surface area contributed by atoms with Crippen molar-refractivity contribution in [3.63, 3.8) is 0 Å². The first-order chi connectivity index (χ1) is 14.4. The van der Waals surface area contributed by atoms with E-state index < -0.39 is 11.2 Å². The number of aromatic amines is 1. The second-order valence-corrected chi connectivity index (χ2v) is 9.03. The van der Waals surface area contributed by atoms with E-state index in [0.29, 0.717) is 13.1 Å². The Kier molecular flexibility index (Phi) is 7.14. The normalized spacial score (nSPS) is 16.8. The van der Waals surface area contributed by atoms with E-state index in [4.69, 9.17) is 5.73 Å². The number of hydrogen-bond acceptors (Lipinski definition) is 6. The minimum absolute atomic E-state index is 0.0549. The average molecular weight is 434 g/mol. The number of aryl methyl sites for hydroxylation is 1. The number of likely N-dealkylation sites (N-methyl/N-ethyl adjacent to an activating group) is 1. The summed E-state index contributed by atoms with van der Waals surface area (Å²) in [7, 11) is 0. The van der Waals surface area contributed by atoms with Crippen molar-refractivity contribution >= 4 is 28.7 Å². The highest BCUT2D eigenvalue weighted by Gasteiger charge is 2.31. The van der Waals surface area contributed by atoms with E-state index in [1.165, 1.54) is 19.2 Å². The summed E-state index contributed by atoms with van der Waals surface area (Å²) in [5.74, 6) is -0.130. The summed E-state index contributed by atoms with van der Waals surface area (Å²) < 4.78 is 1.35. The van der Waals surface area contributed by atoms with Crippen LogP contribution in [0.5, 0.6) is 0 Å². The van der Waals surface area contributed by atoms with Gasteiger partial charge < -0.3 is 10.6 Å². The smallest absolute Gasteiger partial charge is 0.330 e. The third-order valence-electron chi connectivity index (χ3n) is 5.63. The van der Waals surface area contributed by atoms with Gasteiger partial charge in [0.2, 0.25) is 5.91 Å². The van der Waals surface area contributed by atoms with Crippen LogP contribution in [0.1, 0.15) is 55.3 Å². The van der Waals surface area contributed by atoms with E-state index in [-0.39, 0.29) is 30.0 Å². The zero-order valence-corrected chi connectivity index (χ0v) is 18.8. The van der Waals surface area contributed by atoms with Crippen LogP contribution < -0.4 is 21.9 Å². The number of nitrogens with zero attached hydrogens (tertiary/aromatic N) is 3. The van der Waals surface area contributed by atoms with Gasteiger partial charge in [-0.2, -0.15) is 0 Å². The standard InChI is InChI=1S/C21H31N5O3S/c1-4-6-12-26-19(22)18(20(28)23-21(26)29)25(5-2)17(27)13-24-11-7-8-15(24)16-10-9-14(3)30-16/h9-10,15H,4-8,11-13,22H2,1-3H3,(H,23,28,29). The predicted molar refractivity (Wildman–Crippen MR) is 121 cm³/mol. The zero-order valence-electron chi connectivity index (χ0n) is 17.9. The number of aromatic nitrogens is 2. The predicted octanol–water partition coefficient (Wildman–Crippen LogP) is 2.48. The lowest BCUT2D eigenvalue weighted by atomic mass is 10.2. The number of hydrogen-bond donors (Lipinski definition) is 2. The molecular weight excluding hydrogens is 402 g/mol. The number of carbonyl (C=O) groups excluding carboxylic acids is 1. The lowest BCUT2D eigenvalue weighted by molar-refractivity contribution is -0.119. The van der Waals surface area contributed by atoms with Crippen molar-refractivity contribution in [2.75, 3.05) is 30.3 Å². The molecule has 1 atom stereocenters. The van der Waals surface area contributed by atoms with Gasteiger partial charge in [0.15, 0.2) is 5.69 Å². The molecule has 0 saturated carbocycles. The summed E-state index contributed by atoms with van der Waals surface area (Å²) in [5.41, 5.74) is 5.12. The van der Waals surface area contributed by atoms with Crippen LogP contribution in [0.3, 0.4) is 0 Å². The van der Waals surface area contributed by atoms with Gasteiger partial charge in [-0.15, -0.1) is 11.3 Å². The number of anilines is 2. The number of thiophene rings is 1. The van der Waals surface area contributed by atoms with Crippen molar-refractivity contribution in [1.82, 2.24) is 14.5 Å². The monoisotopic (exact) mass is 433 g/mol. The molecule has 3 heterocycles. The molecule has 2 aromatic rings. The van der Waals surface area contributed by atoms with Crippen LogP contribution in [0.15, 0.2) is 21.7 Å². The average Bonchev–Trinajstić information content (AvgIpc) is 3.33. The maximum atomic E-state index is 13.2. The van der Waals surface area contributed by atoms with Crippen molar-refractivity contribution in [2.24, 2.45) is 0 Å². The first-order valence-electron chi connectivity index (χ1n) is 10.6. The van der Waals surface area contributed by atoms with Crippen LogP contribution >= 0.6 is 11.3 Å². The van der Waals surface area contributed by atoms with E-state index >= 15 is 0 Å². The number of rotatable bonds is 8. The molecule has 1 amide bonds. The molecule has 3 rings (SSSR count). The van der Waals surface area contributed by atoms with Crippen molar-refractivity contribution in [1.29, 1.82) is 0 Å². The molecule has 0 bridgehead atoms. The highest BCUT2D eigenvalue weighted by atomic mass is 32.1. The van der Waals surface area contributed by atoms with Gasteiger partial charge in [0, 0.05) is 28.9 Å². The number of nitrogen functional groups attached to an aromatic ring is 1. The largest absolute Gasteiger partial charge is 0.383 e. The van der Waals surface area contributed by atoms with Gasteiger partial charge in [-0.1, -0.05) is 13.3 Å². The summed E-state index contributed by atoms with van der Waals surface area (Å²) in [4.78, 5) is 46.4. The van der Waals surface area contributed by atoms with Crippen LogP contribution in [0, 0.1) is 6.92 Å². The first-order valence-corrected chi connectivity index (χ1v) is 11.4. The molecule has 0 aliphatic carbocycles. The number of unbranched alkanes of at least 4 members (excludes halogenated alkanes) is 1. The molecule has 1 unspecified atom stereocenters. The second-order valence-electron chi connectivity index (χ2n) is 7.71. The van der Waals surface area contributed by atoms with Gasteiger partial charge >= 0.3 is 5.69 Å². The SMILES string of the molecule is CCCCn1c(N)c(N(CC)C(=O)CN2CCCC2c2ccc(C)s2)c(=O)[nH]c1=O. The van der Waals surface area contributed by atoms with Crippen LogP contribution in [0.25, 0.3) is 0 Å². The molecular formula is C21H31N5O3S. The van der Waals surface area contributed by atoms with Crippen LogP contribution in [0.2, 0.25) is 0 Å². The third-order valence-corrected chi connectivity index (χ3v) is 6.73. The minimum Gasteiger partial charge on any atom is -0.383 e. The summed E-state index contributed by atoms with van der Waals surface area (Å²) in [6.45, 7) is 7.66.